The molecule has 2 atom stereocenters. The maximum absolute atomic E-state index is 11.3. The third-order valence-corrected chi connectivity index (χ3v) is 3.07. The molecular formula is C9H16N4O2. The summed E-state index contributed by atoms with van der Waals surface area (Å²) in [5.74, 6) is 0.342. The second kappa shape index (κ2) is 4.16. The van der Waals surface area contributed by atoms with Gasteiger partial charge in [-0.05, 0) is 18.9 Å². The Morgan fingerprint density at radius 2 is 2.27 bits per heavy atom. The standard InChI is InChI=1S/C9H16N4O2/c10-9(15)12-8(14)5-13-3-6-1-2-11-7(6)4-13/h6-7,11H,1-5H2,(H3,10,12,14,15)/t6-,7+/m0/s1. The average Bonchev–Trinajstić information content (AvgIpc) is 2.60. The fourth-order valence-electron chi connectivity index (χ4n) is 2.45. The van der Waals surface area contributed by atoms with Crippen LogP contribution in [-0.4, -0.2) is 49.1 Å². The first-order valence-electron chi connectivity index (χ1n) is 5.20. The summed E-state index contributed by atoms with van der Waals surface area (Å²) in [7, 11) is 0. The topological polar surface area (TPSA) is 87.5 Å². The van der Waals surface area contributed by atoms with Crippen molar-refractivity contribution in [3.05, 3.63) is 0 Å². The monoisotopic (exact) mass is 212 g/mol. The lowest BCUT2D eigenvalue weighted by atomic mass is 10.1. The first kappa shape index (κ1) is 10.4. The van der Waals surface area contributed by atoms with Crippen LogP contribution in [0.3, 0.4) is 0 Å². The minimum atomic E-state index is -0.780. The van der Waals surface area contributed by atoms with Crippen LogP contribution in [0.5, 0.6) is 0 Å². The largest absolute Gasteiger partial charge is 0.351 e. The maximum atomic E-state index is 11.3. The predicted octanol–water partition coefficient (Wildman–Crippen LogP) is -1.52. The fourth-order valence-corrected chi connectivity index (χ4v) is 2.45. The molecule has 15 heavy (non-hydrogen) atoms. The van der Waals surface area contributed by atoms with Crippen molar-refractivity contribution in [2.45, 2.75) is 12.5 Å². The molecule has 84 valence electrons. The zero-order valence-corrected chi connectivity index (χ0v) is 8.53. The Kier molecular flexibility index (Phi) is 2.88. The predicted molar refractivity (Wildman–Crippen MR) is 54.1 cm³/mol. The lowest BCUT2D eigenvalue weighted by Gasteiger charge is -2.15. The van der Waals surface area contributed by atoms with Crippen molar-refractivity contribution in [2.24, 2.45) is 11.7 Å². The van der Waals surface area contributed by atoms with Crippen LogP contribution < -0.4 is 16.4 Å². The number of rotatable bonds is 2. The van der Waals surface area contributed by atoms with E-state index in [9.17, 15) is 9.59 Å². The summed E-state index contributed by atoms with van der Waals surface area (Å²) >= 11 is 0. The Morgan fingerprint density at radius 3 is 2.93 bits per heavy atom. The van der Waals surface area contributed by atoms with Gasteiger partial charge in [0.15, 0.2) is 0 Å². The van der Waals surface area contributed by atoms with Crippen molar-refractivity contribution in [3.8, 4) is 0 Å². The second-order valence-corrected chi connectivity index (χ2v) is 4.22. The molecule has 4 N–H and O–H groups in total. The number of carbonyl (C=O) groups excluding carboxylic acids is 2. The van der Waals surface area contributed by atoms with Gasteiger partial charge in [-0.2, -0.15) is 0 Å². The number of urea groups is 1. The van der Waals surface area contributed by atoms with E-state index in [2.05, 4.69) is 15.5 Å². The van der Waals surface area contributed by atoms with E-state index >= 15 is 0 Å². The SMILES string of the molecule is NC(=O)NC(=O)CN1C[C@@H]2CCN[C@@H]2C1. The van der Waals surface area contributed by atoms with Gasteiger partial charge in [0.05, 0.1) is 6.54 Å². The molecule has 2 fully saturated rings. The van der Waals surface area contributed by atoms with E-state index in [-0.39, 0.29) is 12.5 Å². The molecule has 0 bridgehead atoms. The van der Waals surface area contributed by atoms with Gasteiger partial charge in [-0.3, -0.25) is 15.0 Å². The molecule has 3 amide bonds. The molecule has 2 aliphatic heterocycles. The molecule has 0 aromatic rings. The molecule has 2 rings (SSSR count). The molecule has 0 saturated carbocycles. The molecule has 2 aliphatic rings. The van der Waals surface area contributed by atoms with Crippen molar-refractivity contribution in [3.63, 3.8) is 0 Å². The molecule has 0 unspecified atom stereocenters. The molecule has 2 saturated heterocycles. The van der Waals surface area contributed by atoms with Crippen molar-refractivity contribution in [1.82, 2.24) is 15.5 Å². The van der Waals surface area contributed by atoms with Crippen LogP contribution in [0.25, 0.3) is 0 Å². The Hall–Kier alpha value is -1.14. The zero-order chi connectivity index (χ0) is 10.8. The van der Waals surface area contributed by atoms with E-state index in [0.717, 1.165) is 19.6 Å². The summed E-state index contributed by atoms with van der Waals surface area (Å²) in [6.07, 6.45) is 1.18. The Bertz CT molecular complexity index is 269. The second-order valence-electron chi connectivity index (χ2n) is 4.22. The molecule has 0 aromatic carbocycles. The van der Waals surface area contributed by atoms with Crippen molar-refractivity contribution in [1.29, 1.82) is 0 Å². The van der Waals surface area contributed by atoms with Crippen LogP contribution in [0.2, 0.25) is 0 Å². The van der Waals surface area contributed by atoms with Crippen LogP contribution in [0, 0.1) is 5.92 Å². The van der Waals surface area contributed by atoms with Crippen LogP contribution >= 0.6 is 0 Å². The van der Waals surface area contributed by atoms with Crippen molar-refractivity contribution >= 4 is 11.9 Å². The van der Waals surface area contributed by atoms with Gasteiger partial charge in [-0.15, -0.1) is 0 Å². The van der Waals surface area contributed by atoms with Gasteiger partial charge in [0.25, 0.3) is 0 Å². The van der Waals surface area contributed by atoms with Crippen LogP contribution in [0.1, 0.15) is 6.42 Å². The van der Waals surface area contributed by atoms with Gasteiger partial charge in [0.1, 0.15) is 0 Å². The highest BCUT2D eigenvalue weighted by Crippen LogP contribution is 2.23. The van der Waals surface area contributed by atoms with E-state index in [4.69, 9.17) is 5.73 Å². The van der Waals surface area contributed by atoms with Gasteiger partial charge in [-0.25, -0.2) is 4.79 Å². The molecule has 0 aliphatic carbocycles. The van der Waals surface area contributed by atoms with Gasteiger partial charge >= 0.3 is 6.03 Å². The zero-order valence-electron chi connectivity index (χ0n) is 8.53. The quantitative estimate of drug-likeness (QED) is 0.518. The molecule has 6 heteroatoms. The van der Waals surface area contributed by atoms with E-state index in [1.165, 1.54) is 6.42 Å². The molecule has 0 aromatic heterocycles. The number of hydrogen-bond acceptors (Lipinski definition) is 4. The summed E-state index contributed by atoms with van der Waals surface area (Å²) in [6, 6.07) is -0.260. The molecule has 0 radical (unpaired) electrons. The first-order valence-corrected chi connectivity index (χ1v) is 5.20. The van der Waals surface area contributed by atoms with Gasteiger partial charge in [0.2, 0.25) is 5.91 Å². The number of likely N-dealkylation sites (tertiary alicyclic amines) is 1. The average molecular weight is 212 g/mol. The molecule has 0 spiro atoms. The van der Waals surface area contributed by atoms with Crippen LogP contribution in [-0.2, 0) is 4.79 Å². The summed E-state index contributed by atoms with van der Waals surface area (Å²) in [5, 5.41) is 5.47. The lowest BCUT2D eigenvalue weighted by Crippen LogP contribution is -2.42. The number of primary amides is 1. The number of amides is 3. The number of carbonyl (C=O) groups is 2. The highest BCUT2D eigenvalue weighted by molar-refractivity contribution is 5.94. The summed E-state index contributed by atoms with van der Waals surface area (Å²) in [6.45, 7) is 3.16. The molecule has 2 heterocycles. The Morgan fingerprint density at radius 1 is 1.47 bits per heavy atom. The summed E-state index contributed by atoms with van der Waals surface area (Å²) in [4.78, 5) is 23.7. The molecular weight excluding hydrogens is 196 g/mol. The highest BCUT2D eigenvalue weighted by atomic mass is 16.2. The normalized spacial score (nSPS) is 30.1. The first-order chi connectivity index (χ1) is 7.15. The van der Waals surface area contributed by atoms with E-state index in [0.29, 0.717) is 12.0 Å². The summed E-state index contributed by atoms with van der Waals surface area (Å²) < 4.78 is 0. The smallest absolute Gasteiger partial charge is 0.318 e. The third-order valence-electron chi connectivity index (χ3n) is 3.07. The third kappa shape index (κ3) is 2.45. The number of imide groups is 1. The van der Waals surface area contributed by atoms with Crippen LogP contribution in [0.15, 0.2) is 0 Å². The maximum Gasteiger partial charge on any atom is 0.318 e. The minimum absolute atomic E-state index is 0.262. The highest BCUT2D eigenvalue weighted by Gasteiger charge is 2.36. The van der Waals surface area contributed by atoms with E-state index in [1.807, 2.05) is 0 Å². The number of fused-ring (bicyclic) bond motifs is 1. The lowest BCUT2D eigenvalue weighted by molar-refractivity contribution is -0.120. The number of nitrogens with two attached hydrogens (primary N) is 1. The number of hydrogen-bond donors (Lipinski definition) is 3. The van der Waals surface area contributed by atoms with Crippen molar-refractivity contribution in [2.75, 3.05) is 26.2 Å². The number of nitrogens with zero attached hydrogens (tertiary/aromatic N) is 1. The van der Waals surface area contributed by atoms with Crippen LogP contribution in [0.4, 0.5) is 4.79 Å². The number of nitrogens with one attached hydrogen (secondary N) is 2. The Balaban J connectivity index is 1.77. The van der Waals surface area contributed by atoms with E-state index < -0.39 is 6.03 Å². The van der Waals surface area contributed by atoms with E-state index in [1.54, 1.807) is 0 Å². The summed E-state index contributed by atoms with van der Waals surface area (Å²) in [5.41, 5.74) is 4.86. The van der Waals surface area contributed by atoms with Gasteiger partial charge in [0, 0.05) is 19.1 Å². The Labute approximate surface area is 88.2 Å². The van der Waals surface area contributed by atoms with Crippen molar-refractivity contribution < 1.29 is 9.59 Å². The minimum Gasteiger partial charge on any atom is -0.351 e. The van der Waals surface area contributed by atoms with Gasteiger partial charge < -0.3 is 11.1 Å². The van der Waals surface area contributed by atoms with Gasteiger partial charge in [-0.1, -0.05) is 0 Å². The molecule has 6 nitrogen and oxygen atoms in total. The fraction of sp³-hybridized carbons (Fsp3) is 0.778.